The molecule has 2 atom stereocenters. The minimum Gasteiger partial charge on any atom is -0.397 e. The Morgan fingerprint density at radius 3 is 2.38 bits per heavy atom. The van der Waals surface area contributed by atoms with E-state index in [9.17, 15) is 14.4 Å². The fourth-order valence-corrected chi connectivity index (χ4v) is 6.07. The van der Waals surface area contributed by atoms with Crippen molar-refractivity contribution in [1.29, 1.82) is 0 Å². The first-order valence-electron chi connectivity index (χ1n) is 12.2. The normalized spacial score (nSPS) is 19.4. The summed E-state index contributed by atoms with van der Waals surface area (Å²) in [7, 11) is 0. The van der Waals surface area contributed by atoms with Crippen molar-refractivity contribution in [3.63, 3.8) is 0 Å². The lowest BCUT2D eigenvalue weighted by molar-refractivity contribution is -0.123. The SMILES string of the molecule is NC(=O)C1CCN(C(=O)N[C@@H](Cc2cc(Br)c(N)c(Br)c2)C(=O)C2CN(c3ccncc3)CCN2)CC1. The molecule has 3 heterocycles. The smallest absolute Gasteiger partial charge is 0.317 e. The molecule has 1 aromatic heterocycles. The second-order valence-electron chi connectivity index (χ2n) is 9.40. The number of carbonyl (C=O) groups excluding carboxylic acids is 3. The molecule has 12 heteroatoms. The fraction of sp³-hybridized carbons (Fsp3) is 0.440. The zero-order chi connectivity index (χ0) is 26.5. The highest BCUT2D eigenvalue weighted by Crippen LogP contribution is 2.30. The first kappa shape index (κ1) is 27.3. The van der Waals surface area contributed by atoms with Crippen molar-refractivity contribution in [1.82, 2.24) is 20.5 Å². The third-order valence-electron chi connectivity index (χ3n) is 6.95. The number of urea groups is 1. The molecule has 0 radical (unpaired) electrons. The Labute approximate surface area is 232 Å². The van der Waals surface area contributed by atoms with Crippen LogP contribution >= 0.6 is 31.9 Å². The van der Waals surface area contributed by atoms with E-state index in [0.29, 0.717) is 60.1 Å². The van der Waals surface area contributed by atoms with Crippen molar-refractivity contribution in [2.75, 3.05) is 43.4 Å². The van der Waals surface area contributed by atoms with E-state index in [1.807, 2.05) is 24.3 Å². The summed E-state index contributed by atoms with van der Waals surface area (Å²) < 4.78 is 1.42. The molecule has 4 rings (SSSR count). The maximum Gasteiger partial charge on any atom is 0.317 e. The molecule has 10 nitrogen and oxygen atoms in total. The van der Waals surface area contributed by atoms with Crippen LogP contribution in [0.5, 0.6) is 0 Å². The number of primary amides is 1. The van der Waals surface area contributed by atoms with Gasteiger partial charge in [-0.1, -0.05) is 0 Å². The summed E-state index contributed by atoms with van der Waals surface area (Å²) in [6, 6.07) is 6.02. The van der Waals surface area contributed by atoms with E-state index in [-0.39, 0.29) is 23.6 Å². The number of nitrogen functional groups attached to an aromatic ring is 1. The van der Waals surface area contributed by atoms with E-state index >= 15 is 0 Å². The molecule has 2 aromatic rings. The van der Waals surface area contributed by atoms with Crippen LogP contribution in [0.3, 0.4) is 0 Å². The lowest BCUT2D eigenvalue weighted by Crippen LogP contribution is -2.60. The number of nitrogens with zero attached hydrogens (tertiary/aromatic N) is 3. The summed E-state index contributed by atoms with van der Waals surface area (Å²) in [5.41, 5.74) is 13.9. The number of rotatable bonds is 7. The van der Waals surface area contributed by atoms with Gasteiger partial charge in [0, 0.05) is 65.7 Å². The third kappa shape index (κ3) is 6.79. The van der Waals surface area contributed by atoms with Crippen LogP contribution in [0.4, 0.5) is 16.2 Å². The van der Waals surface area contributed by atoms with Crippen molar-refractivity contribution in [3.8, 4) is 0 Å². The number of piperidine rings is 1. The van der Waals surface area contributed by atoms with Gasteiger partial charge < -0.3 is 31.9 Å². The van der Waals surface area contributed by atoms with Crippen molar-refractivity contribution in [3.05, 3.63) is 51.2 Å². The molecule has 198 valence electrons. The molecule has 0 bridgehead atoms. The van der Waals surface area contributed by atoms with E-state index < -0.39 is 12.1 Å². The number of halogens is 2. The molecule has 2 fully saturated rings. The topological polar surface area (TPSA) is 147 Å². The van der Waals surface area contributed by atoms with Gasteiger partial charge in [0.25, 0.3) is 0 Å². The van der Waals surface area contributed by atoms with Crippen LogP contribution in [0.25, 0.3) is 0 Å². The number of nitrogens with two attached hydrogens (primary N) is 2. The number of anilines is 2. The number of nitrogens with one attached hydrogen (secondary N) is 2. The second kappa shape index (κ2) is 12.2. The van der Waals surface area contributed by atoms with E-state index in [0.717, 1.165) is 17.8 Å². The highest BCUT2D eigenvalue weighted by atomic mass is 79.9. The monoisotopic (exact) mass is 635 g/mol. The Hall–Kier alpha value is -2.70. The van der Waals surface area contributed by atoms with Crippen LogP contribution in [0.1, 0.15) is 18.4 Å². The van der Waals surface area contributed by atoms with Gasteiger partial charge in [-0.2, -0.15) is 0 Å². The number of ketones is 1. The average Bonchev–Trinajstić information content (AvgIpc) is 2.91. The van der Waals surface area contributed by atoms with Crippen molar-refractivity contribution in [2.45, 2.75) is 31.3 Å². The Morgan fingerprint density at radius 1 is 1.11 bits per heavy atom. The minimum absolute atomic E-state index is 0.0943. The number of carbonyl (C=O) groups is 3. The fourth-order valence-electron chi connectivity index (χ4n) is 4.79. The van der Waals surface area contributed by atoms with E-state index in [1.54, 1.807) is 17.3 Å². The lowest BCUT2D eigenvalue weighted by Gasteiger charge is -2.37. The van der Waals surface area contributed by atoms with Crippen LogP contribution in [0.2, 0.25) is 0 Å². The minimum atomic E-state index is -0.765. The highest BCUT2D eigenvalue weighted by Gasteiger charge is 2.34. The van der Waals surface area contributed by atoms with E-state index in [1.165, 1.54) is 0 Å². The molecule has 0 spiro atoms. The van der Waals surface area contributed by atoms with Crippen LogP contribution in [-0.4, -0.2) is 72.4 Å². The zero-order valence-corrected chi connectivity index (χ0v) is 23.5. The molecular formula is C25H31Br2N7O3. The highest BCUT2D eigenvalue weighted by molar-refractivity contribution is 9.11. The Balaban J connectivity index is 1.51. The molecule has 2 aliphatic heterocycles. The maximum absolute atomic E-state index is 13.8. The third-order valence-corrected chi connectivity index (χ3v) is 8.26. The Bertz CT molecular complexity index is 1120. The lowest BCUT2D eigenvalue weighted by atomic mass is 9.95. The standard InChI is InChI=1S/C25H31Br2N7O3/c26-18-11-15(12-19(27)22(18)28)13-20(32-25(37)33-8-3-16(4-9-33)24(29)36)23(35)21-14-34(10-7-31-21)17-1-5-30-6-2-17/h1-2,5-6,11-12,16,20-21,31H,3-4,7-10,13-14,28H2,(H2,29,36)(H,32,37)/t20-,21?/m0/s1. The van der Waals surface area contributed by atoms with Gasteiger partial charge in [-0.15, -0.1) is 0 Å². The Kier molecular flexibility index (Phi) is 9.04. The van der Waals surface area contributed by atoms with Gasteiger partial charge in [0.1, 0.15) is 0 Å². The van der Waals surface area contributed by atoms with Crippen LogP contribution in [0.15, 0.2) is 45.6 Å². The molecule has 2 saturated heterocycles. The second-order valence-corrected chi connectivity index (χ2v) is 11.1. The summed E-state index contributed by atoms with van der Waals surface area (Å²) >= 11 is 6.94. The number of likely N-dealkylation sites (tertiary alicyclic amines) is 1. The summed E-state index contributed by atoms with van der Waals surface area (Å²) in [6.45, 7) is 2.71. The van der Waals surface area contributed by atoms with E-state index in [4.69, 9.17) is 11.5 Å². The molecule has 1 unspecified atom stereocenters. The Morgan fingerprint density at radius 2 is 1.76 bits per heavy atom. The molecule has 0 aliphatic carbocycles. The summed E-state index contributed by atoms with van der Waals surface area (Å²) in [4.78, 5) is 46.4. The number of hydrogen-bond acceptors (Lipinski definition) is 7. The van der Waals surface area contributed by atoms with Gasteiger partial charge in [-0.25, -0.2) is 4.79 Å². The zero-order valence-electron chi connectivity index (χ0n) is 20.3. The average molecular weight is 637 g/mol. The van der Waals surface area contributed by atoms with Gasteiger partial charge in [0.05, 0.1) is 17.8 Å². The molecular weight excluding hydrogens is 606 g/mol. The maximum atomic E-state index is 13.8. The summed E-state index contributed by atoms with van der Waals surface area (Å²) in [5, 5.41) is 6.30. The number of amides is 3. The summed E-state index contributed by atoms with van der Waals surface area (Å²) in [6.07, 6.45) is 4.80. The quantitative estimate of drug-likeness (QED) is 0.340. The van der Waals surface area contributed by atoms with Gasteiger partial charge in [0.15, 0.2) is 5.78 Å². The molecule has 3 amide bonds. The largest absolute Gasteiger partial charge is 0.397 e. The van der Waals surface area contributed by atoms with Crippen molar-refractivity contribution < 1.29 is 14.4 Å². The predicted molar refractivity (Wildman–Crippen MR) is 149 cm³/mol. The van der Waals surface area contributed by atoms with Gasteiger partial charge in [-0.3, -0.25) is 14.6 Å². The summed E-state index contributed by atoms with van der Waals surface area (Å²) in [5.74, 6) is -0.658. The molecule has 6 N–H and O–H groups in total. The number of hydrogen-bond donors (Lipinski definition) is 4. The van der Waals surface area contributed by atoms with Crippen LogP contribution in [0, 0.1) is 5.92 Å². The first-order valence-corrected chi connectivity index (χ1v) is 13.8. The predicted octanol–water partition coefficient (Wildman–Crippen LogP) is 2.05. The molecule has 2 aliphatic rings. The van der Waals surface area contributed by atoms with Crippen LogP contribution < -0.4 is 27.0 Å². The number of Topliss-reactive ketones (excluding diaryl/α,β-unsaturated/α-hetero) is 1. The molecule has 0 saturated carbocycles. The molecule has 37 heavy (non-hydrogen) atoms. The van der Waals surface area contributed by atoms with Crippen molar-refractivity contribution in [2.24, 2.45) is 11.7 Å². The van der Waals surface area contributed by atoms with Gasteiger partial charge in [-0.05, 0) is 81.0 Å². The van der Waals surface area contributed by atoms with Gasteiger partial charge >= 0.3 is 6.03 Å². The van der Waals surface area contributed by atoms with Crippen LogP contribution in [-0.2, 0) is 16.0 Å². The van der Waals surface area contributed by atoms with Gasteiger partial charge in [0.2, 0.25) is 5.91 Å². The number of pyridine rings is 1. The first-order chi connectivity index (χ1) is 17.7. The molecule has 1 aromatic carbocycles. The number of aromatic nitrogens is 1. The van der Waals surface area contributed by atoms with Crippen molar-refractivity contribution >= 4 is 61.0 Å². The number of piperazine rings is 1. The number of benzene rings is 1. The van der Waals surface area contributed by atoms with E-state index in [2.05, 4.69) is 52.4 Å².